The fourth-order valence-electron chi connectivity index (χ4n) is 2.52. The Balaban J connectivity index is 2.56. The Labute approximate surface area is 107 Å². The molecule has 1 aliphatic rings. The van der Waals surface area contributed by atoms with Crippen LogP contribution in [0.3, 0.4) is 0 Å². The molecule has 3 nitrogen and oxygen atoms in total. The van der Waals surface area contributed by atoms with E-state index in [9.17, 15) is 0 Å². The zero-order valence-electron chi connectivity index (χ0n) is 10.3. The van der Waals surface area contributed by atoms with E-state index in [4.69, 9.17) is 26.8 Å². The van der Waals surface area contributed by atoms with Gasteiger partial charge in [0.2, 0.25) is 0 Å². The van der Waals surface area contributed by atoms with Crippen LogP contribution in [0, 0.1) is 0 Å². The predicted octanol–water partition coefficient (Wildman–Crippen LogP) is 2.74. The third kappa shape index (κ3) is 1.87. The Morgan fingerprint density at radius 2 is 1.82 bits per heavy atom. The molecular weight excluding hydrogens is 238 g/mol. The molecule has 17 heavy (non-hydrogen) atoms. The lowest BCUT2D eigenvalue weighted by molar-refractivity contribution is 0.242. The smallest absolute Gasteiger partial charge is 0.138 e. The summed E-state index contributed by atoms with van der Waals surface area (Å²) >= 11 is 6.41. The monoisotopic (exact) mass is 255 g/mol. The van der Waals surface area contributed by atoms with E-state index >= 15 is 0 Å². The van der Waals surface area contributed by atoms with Crippen molar-refractivity contribution in [2.24, 2.45) is 5.73 Å². The number of nitrogens with two attached hydrogens (primary N) is 1. The van der Waals surface area contributed by atoms with E-state index in [1.807, 2.05) is 12.1 Å². The van der Waals surface area contributed by atoms with Gasteiger partial charge in [0.25, 0.3) is 0 Å². The third-order valence-corrected chi connectivity index (χ3v) is 4.12. The summed E-state index contributed by atoms with van der Waals surface area (Å²) in [6, 6.07) is 3.73. The van der Waals surface area contributed by atoms with Gasteiger partial charge in [-0.3, -0.25) is 0 Å². The second-order valence-corrected chi connectivity index (χ2v) is 4.88. The molecule has 0 aliphatic heterocycles. The topological polar surface area (TPSA) is 44.5 Å². The lowest BCUT2D eigenvalue weighted by Gasteiger charge is -2.42. The van der Waals surface area contributed by atoms with Crippen LogP contribution in [-0.4, -0.2) is 20.8 Å². The summed E-state index contributed by atoms with van der Waals surface area (Å²) in [6.45, 7) is 0.593. The Morgan fingerprint density at radius 1 is 1.24 bits per heavy atom. The molecule has 0 bridgehead atoms. The van der Waals surface area contributed by atoms with Crippen molar-refractivity contribution < 1.29 is 9.47 Å². The summed E-state index contributed by atoms with van der Waals surface area (Å²) in [5.74, 6) is 1.49. The maximum atomic E-state index is 6.41. The first-order valence-electron chi connectivity index (χ1n) is 5.79. The second kappa shape index (κ2) is 4.75. The Bertz CT molecular complexity index is 411. The first-order valence-corrected chi connectivity index (χ1v) is 6.17. The summed E-state index contributed by atoms with van der Waals surface area (Å²) in [7, 11) is 3.28. The van der Waals surface area contributed by atoms with Crippen LogP contribution in [0.15, 0.2) is 12.1 Å². The molecule has 0 unspecified atom stereocenters. The van der Waals surface area contributed by atoms with Crippen LogP contribution >= 0.6 is 11.6 Å². The number of hydrogen-bond donors (Lipinski definition) is 1. The summed E-state index contributed by atoms with van der Waals surface area (Å²) in [6.07, 6.45) is 3.31. The highest BCUT2D eigenvalue weighted by Gasteiger charge is 2.41. The van der Waals surface area contributed by atoms with Crippen molar-refractivity contribution >= 4 is 11.6 Å². The third-order valence-electron chi connectivity index (χ3n) is 3.74. The van der Waals surface area contributed by atoms with Crippen molar-refractivity contribution in [3.8, 4) is 11.5 Å². The van der Waals surface area contributed by atoms with Crippen LogP contribution in [0.2, 0.25) is 5.02 Å². The average molecular weight is 256 g/mol. The molecule has 0 heterocycles. The van der Waals surface area contributed by atoms with Gasteiger partial charge in [-0.15, -0.1) is 0 Å². The zero-order chi connectivity index (χ0) is 12.5. The molecule has 0 spiro atoms. The molecule has 0 amide bonds. The number of methoxy groups -OCH3 is 2. The second-order valence-electron chi connectivity index (χ2n) is 4.50. The molecule has 0 saturated heterocycles. The minimum Gasteiger partial charge on any atom is -0.496 e. The number of benzene rings is 1. The van der Waals surface area contributed by atoms with Gasteiger partial charge in [0.1, 0.15) is 11.5 Å². The molecule has 1 aromatic rings. The molecule has 2 rings (SSSR count). The van der Waals surface area contributed by atoms with Crippen LogP contribution in [0.25, 0.3) is 0 Å². The van der Waals surface area contributed by atoms with E-state index in [0.29, 0.717) is 17.3 Å². The summed E-state index contributed by atoms with van der Waals surface area (Å²) in [5, 5.41) is 0.636. The molecule has 1 fully saturated rings. The molecule has 4 heteroatoms. The van der Waals surface area contributed by atoms with E-state index in [-0.39, 0.29) is 5.41 Å². The van der Waals surface area contributed by atoms with E-state index in [0.717, 1.165) is 24.2 Å². The minimum atomic E-state index is -0.0308. The highest BCUT2D eigenvalue weighted by molar-refractivity contribution is 6.33. The minimum absolute atomic E-state index is 0.0308. The van der Waals surface area contributed by atoms with E-state index in [1.54, 1.807) is 14.2 Å². The Morgan fingerprint density at radius 3 is 2.24 bits per heavy atom. The lowest BCUT2D eigenvalue weighted by Crippen LogP contribution is -2.42. The van der Waals surface area contributed by atoms with Gasteiger partial charge in [0, 0.05) is 17.5 Å². The Kier molecular flexibility index (Phi) is 3.50. The van der Waals surface area contributed by atoms with Crippen LogP contribution in [0.5, 0.6) is 11.5 Å². The maximum Gasteiger partial charge on any atom is 0.138 e. The van der Waals surface area contributed by atoms with E-state index in [2.05, 4.69) is 0 Å². The highest BCUT2D eigenvalue weighted by atomic mass is 35.5. The summed E-state index contributed by atoms with van der Waals surface area (Å²) < 4.78 is 10.7. The molecule has 1 saturated carbocycles. The normalized spacial score (nSPS) is 17.4. The van der Waals surface area contributed by atoms with Crippen molar-refractivity contribution in [1.82, 2.24) is 0 Å². The van der Waals surface area contributed by atoms with Crippen LogP contribution in [0.1, 0.15) is 24.8 Å². The van der Waals surface area contributed by atoms with Crippen LogP contribution in [-0.2, 0) is 5.41 Å². The molecule has 1 aliphatic carbocycles. The molecule has 0 aromatic heterocycles. The lowest BCUT2D eigenvalue weighted by atomic mass is 9.64. The van der Waals surface area contributed by atoms with E-state index < -0.39 is 0 Å². The van der Waals surface area contributed by atoms with Gasteiger partial charge < -0.3 is 15.2 Å². The standard InChI is InChI=1S/C13H18ClNO2/c1-16-9-4-5-10(17-2)12(14)11(9)13(8-15)6-3-7-13/h4-5H,3,6-8,15H2,1-2H3. The van der Waals surface area contributed by atoms with Crippen LogP contribution in [0.4, 0.5) is 0 Å². The van der Waals surface area contributed by atoms with Gasteiger partial charge in [-0.2, -0.15) is 0 Å². The first kappa shape index (κ1) is 12.5. The van der Waals surface area contributed by atoms with E-state index in [1.165, 1.54) is 6.42 Å². The fourth-order valence-corrected chi connectivity index (χ4v) is 2.95. The fraction of sp³-hybridized carbons (Fsp3) is 0.538. The van der Waals surface area contributed by atoms with Crippen LogP contribution < -0.4 is 15.2 Å². The maximum absolute atomic E-state index is 6.41. The largest absolute Gasteiger partial charge is 0.496 e. The molecule has 94 valence electrons. The molecular formula is C13H18ClNO2. The quantitative estimate of drug-likeness (QED) is 0.900. The Hall–Kier alpha value is -0.930. The number of hydrogen-bond acceptors (Lipinski definition) is 3. The molecule has 2 N–H and O–H groups in total. The summed E-state index contributed by atoms with van der Waals surface area (Å²) in [5.41, 5.74) is 6.91. The SMILES string of the molecule is COc1ccc(OC)c(C2(CN)CCC2)c1Cl. The van der Waals surface area contributed by atoms with Gasteiger partial charge in [-0.05, 0) is 25.0 Å². The van der Waals surface area contributed by atoms with Crippen molar-refractivity contribution in [2.45, 2.75) is 24.7 Å². The van der Waals surface area contributed by atoms with Crippen molar-refractivity contribution in [3.05, 3.63) is 22.7 Å². The number of rotatable bonds is 4. The van der Waals surface area contributed by atoms with Crippen molar-refractivity contribution in [3.63, 3.8) is 0 Å². The van der Waals surface area contributed by atoms with Crippen molar-refractivity contribution in [2.75, 3.05) is 20.8 Å². The molecule has 0 radical (unpaired) electrons. The van der Waals surface area contributed by atoms with Crippen molar-refractivity contribution in [1.29, 1.82) is 0 Å². The zero-order valence-corrected chi connectivity index (χ0v) is 11.0. The molecule has 1 aromatic carbocycles. The molecule has 0 atom stereocenters. The van der Waals surface area contributed by atoms with Gasteiger partial charge in [0.05, 0.1) is 19.2 Å². The predicted molar refractivity (Wildman–Crippen MR) is 69.1 cm³/mol. The van der Waals surface area contributed by atoms with Gasteiger partial charge >= 0.3 is 0 Å². The number of halogens is 1. The van der Waals surface area contributed by atoms with Gasteiger partial charge in [-0.25, -0.2) is 0 Å². The number of ether oxygens (including phenoxy) is 2. The highest BCUT2D eigenvalue weighted by Crippen LogP contribution is 2.51. The van der Waals surface area contributed by atoms with Gasteiger partial charge in [-0.1, -0.05) is 18.0 Å². The first-order chi connectivity index (χ1) is 8.18. The van der Waals surface area contributed by atoms with Gasteiger partial charge in [0.15, 0.2) is 0 Å². The summed E-state index contributed by atoms with van der Waals surface area (Å²) in [4.78, 5) is 0. The average Bonchev–Trinajstić information content (AvgIpc) is 2.30.